The third kappa shape index (κ3) is 2.02. The normalized spacial score (nSPS) is 39.2. The summed E-state index contributed by atoms with van der Waals surface area (Å²) in [5.74, 6) is 0. The lowest BCUT2D eigenvalue weighted by molar-refractivity contribution is 0.104. The van der Waals surface area contributed by atoms with Crippen molar-refractivity contribution in [3.63, 3.8) is 0 Å². The monoisotopic (exact) mass is 224 g/mol. The Morgan fingerprint density at radius 2 is 1.88 bits per heavy atom. The second-order valence-corrected chi connectivity index (χ2v) is 7.27. The predicted octanol–water partition coefficient (Wildman–Crippen LogP) is 2.59. The molecule has 0 aromatic rings. The van der Waals surface area contributed by atoms with Gasteiger partial charge in [-0.2, -0.15) is 0 Å². The first-order chi connectivity index (χ1) is 7.26. The van der Waals surface area contributed by atoms with Gasteiger partial charge in [0.1, 0.15) is 0 Å². The maximum absolute atomic E-state index is 2.77. The molecule has 2 aliphatic rings. The molecule has 1 aliphatic heterocycles. The predicted molar refractivity (Wildman–Crippen MR) is 69.7 cm³/mol. The summed E-state index contributed by atoms with van der Waals surface area (Å²) in [6.45, 7) is 10.8. The van der Waals surface area contributed by atoms with Gasteiger partial charge in [0.2, 0.25) is 0 Å². The van der Waals surface area contributed by atoms with Crippen molar-refractivity contribution < 1.29 is 0 Å². The molecule has 0 amide bonds. The maximum Gasteiger partial charge on any atom is 0.0167 e. The first-order valence-corrected chi connectivity index (χ1v) is 6.69. The summed E-state index contributed by atoms with van der Waals surface area (Å²) < 4.78 is 0. The lowest BCUT2D eigenvalue weighted by Gasteiger charge is -2.37. The van der Waals surface area contributed by atoms with E-state index in [1.807, 2.05) is 0 Å². The second kappa shape index (κ2) is 3.71. The van der Waals surface area contributed by atoms with Crippen molar-refractivity contribution >= 4 is 0 Å². The molecule has 2 fully saturated rings. The Kier molecular flexibility index (Phi) is 2.87. The summed E-state index contributed by atoms with van der Waals surface area (Å²) >= 11 is 0. The summed E-state index contributed by atoms with van der Waals surface area (Å²) in [4.78, 5) is 5.09. The average molecular weight is 224 g/mol. The van der Waals surface area contributed by atoms with Crippen molar-refractivity contribution in [2.45, 2.75) is 64.6 Å². The van der Waals surface area contributed by atoms with E-state index in [0.29, 0.717) is 11.0 Å². The number of likely N-dealkylation sites (tertiary alicyclic amines) is 1. The minimum absolute atomic E-state index is 0.348. The van der Waals surface area contributed by atoms with E-state index >= 15 is 0 Å². The molecule has 2 heteroatoms. The third-order valence-electron chi connectivity index (χ3n) is 4.49. The molecule has 1 heterocycles. The highest BCUT2D eigenvalue weighted by Gasteiger charge is 2.64. The quantitative estimate of drug-likeness (QED) is 0.727. The van der Waals surface area contributed by atoms with Crippen molar-refractivity contribution in [3.8, 4) is 0 Å². The summed E-state index contributed by atoms with van der Waals surface area (Å²) in [7, 11) is 4.38. The van der Waals surface area contributed by atoms with E-state index in [4.69, 9.17) is 0 Å². The van der Waals surface area contributed by atoms with Crippen molar-refractivity contribution in [1.29, 1.82) is 0 Å². The van der Waals surface area contributed by atoms with Gasteiger partial charge in [-0.3, -0.25) is 4.90 Å². The topological polar surface area (TPSA) is 6.48 Å². The van der Waals surface area contributed by atoms with Crippen LogP contribution in [-0.4, -0.2) is 48.1 Å². The number of hydrogen-bond donors (Lipinski definition) is 0. The molecular formula is C14H28N2. The van der Waals surface area contributed by atoms with Gasteiger partial charge in [-0.05, 0) is 73.0 Å². The molecule has 1 aliphatic carbocycles. The molecule has 0 bridgehead atoms. The number of hydrogen-bond acceptors (Lipinski definition) is 2. The molecule has 2 rings (SSSR count). The molecule has 1 saturated heterocycles. The van der Waals surface area contributed by atoms with E-state index in [1.165, 1.54) is 25.8 Å². The van der Waals surface area contributed by atoms with Crippen LogP contribution in [0.15, 0.2) is 0 Å². The third-order valence-corrected chi connectivity index (χ3v) is 4.49. The Bertz CT molecular complexity index is 266. The van der Waals surface area contributed by atoms with Gasteiger partial charge in [-0.15, -0.1) is 0 Å². The van der Waals surface area contributed by atoms with E-state index in [0.717, 1.165) is 12.1 Å². The van der Waals surface area contributed by atoms with Crippen molar-refractivity contribution in [3.05, 3.63) is 0 Å². The van der Waals surface area contributed by atoms with Crippen molar-refractivity contribution in [1.82, 2.24) is 9.80 Å². The molecule has 16 heavy (non-hydrogen) atoms. The summed E-state index contributed by atoms with van der Waals surface area (Å²) in [6, 6.07) is 1.66. The molecule has 2 nitrogen and oxygen atoms in total. The van der Waals surface area contributed by atoms with E-state index in [-0.39, 0.29) is 0 Å². The van der Waals surface area contributed by atoms with Gasteiger partial charge in [0.15, 0.2) is 0 Å². The first kappa shape index (κ1) is 12.4. The number of fused-ring (bicyclic) bond motifs is 1. The van der Waals surface area contributed by atoms with Gasteiger partial charge in [-0.1, -0.05) is 0 Å². The maximum atomic E-state index is 2.77. The van der Waals surface area contributed by atoms with Crippen LogP contribution in [0.4, 0.5) is 0 Å². The second-order valence-electron chi connectivity index (χ2n) is 7.27. The van der Waals surface area contributed by atoms with Gasteiger partial charge in [0.05, 0.1) is 0 Å². The van der Waals surface area contributed by atoms with Crippen LogP contribution in [0, 0.1) is 5.41 Å². The number of piperidine rings is 1. The molecule has 1 saturated carbocycles. The molecule has 0 radical (unpaired) electrons. The fraction of sp³-hybridized carbons (Fsp3) is 1.00. The number of rotatable bonds is 3. The van der Waals surface area contributed by atoms with Gasteiger partial charge >= 0.3 is 0 Å². The van der Waals surface area contributed by atoms with Gasteiger partial charge < -0.3 is 4.90 Å². The Morgan fingerprint density at radius 1 is 1.25 bits per heavy atom. The van der Waals surface area contributed by atoms with Crippen LogP contribution in [0.2, 0.25) is 0 Å². The molecule has 0 unspecified atom stereocenters. The lowest BCUT2D eigenvalue weighted by atomic mass is 9.96. The zero-order valence-corrected chi connectivity index (χ0v) is 11.9. The van der Waals surface area contributed by atoms with Crippen molar-refractivity contribution in [2.24, 2.45) is 5.41 Å². The lowest BCUT2D eigenvalue weighted by Crippen LogP contribution is -2.45. The van der Waals surface area contributed by atoms with Crippen LogP contribution < -0.4 is 0 Å². The smallest absolute Gasteiger partial charge is 0.0167 e. The molecule has 0 N–H and O–H groups in total. The summed E-state index contributed by atoms with van der Waals surface area (Å²) in [5.41, 5.74) is 1.03. The minimum atomic E-state index is 0.348. The molecule has 0 spiro atoms. The summed E-state index contributed by atoms with van der Waals surface area (Å²) in [5, 5.41) is 0. The van der Waals surface area contributed by atoms with E-state index < -0.39 is 0 Å². The fourth-order valence-corrected chi connectivity index (χ4v) is 3.88. The van der Waals surface area contributed by atoms with Gasteiger partial charge in [-0.25, -0.2) is 0 Å². The number of nitrogens with zero attached hydrogens (tertiary/aromatic N) is 2. The molecule has 3 atom stereocenters. The highest BCUT2D eigenvalue weighted by molar-refractivity contribution is 5.18. The van der Waals surface area contributed by atoms with Crippen LogP contribution in [0.1, 0.15) is 47.0 Å². The minimum Gasteiger partial charge on any atom is -0.309 e. The van der Waals surface area contributed by atoms with Gasteiger partial charge in [0, 0.05) is 17.6 Å². The highest BCUT2D eigenvalue weighted by atomic mass is 15.3. The van der Waals surface area contributed by atoms with Crippen LogP contribution >= 0.6 is 0 Å². The van der Waals surface area contributed by atoms with E-state index in [1.54, 1.807) is 0 Å². The van der Waals surface area contributed by atoms with Crippen LogP contribution in [-0.2, 0) is 0 Å². The fourth-order valence-electron chi connectivity index (χ4n) is 3.88. The van der Waals surface area contributed by atoms with E-state index in [9.17, 15) is 0 Å². The highest BCUT2D eigenvalue weighted by Crippen LogP contribution is 2.63. The first-order valence-electron chi connectivity index (χ1n) is 6.69. The van der Waals surface area contributed by atoms with Crippen molar-refractivity contribution in [2.75, 3.05) is 20.6 Å². The Morgan fingerprint density at radius 3 is 2.31 bits per heavy atom. The van der Waals surface area contributed by atoms with Crippen LogP contribution in [0.3, 0.4) is 0 Å². The Labute approximate surface area is 101 Å². The standard InChI is InChI=1S/C14H28N2/c1-11-9-14(7-8-15(5)6)10-12(14)16(11)13(2,3)4/h11-12H,7-10H2,1-6H3/t11-,12-,14+/m1/s1. The Balaban J connectivity index is 2.00. The molecule has 0 aromatic heterocycles. The molecular weight excluding hydrogens is 196 g/mol. The Hall–Kier alpha value is -0.0800. The zero-order valence-electron chi connectivity index (χ0n) is 11.9. The van der Waals surface area contributed by atoms with E-state index in [2.05, 4.69) is 51.6 Å². The van der Waals surface area contributed by atoms with Gasteiger partial charge in [0.25, 0.3) is 0 Å². The molecule has 94 valence electrons. The SMILES string of the molecule is C[C@@H]1C[C@@]2(CCN(C)C)C[C@H]2N1C(C)(C)C. The summed E-state index contributed by atoms with van der Waals surface area (Å²) in [6.07, 6.45) is 4.26. The zero-order chi connectivity index (χ0) is 12.1. The average Bonchev–Trinajstić information content (AvgIpc) is 2.67. The van der Waals surface area contributed by atoms with Crippen LogP contribution in [0.5, 0.6) is 0 Å². The largest absolute Gasteiger partial charge is 0.309 e. The van der Waals surface area contributed by atoms with Crippen LogP contribution in [0.25, 0.3) is 0 Å². The molecule has 0 aromatic carbocycles.